The molecule has 0 N–H and O–H groups in total. The summed E-state index contributed by atoms with van der Waals surface area (Å²) < 4.78 is 17.5. The standard InChI is InChI=1S/C20H32O3/c1-3-5-7-8-9-17-15-22-20(23-16-17)18-10-12-19(13-11-18)21-14-6-4-2/h10-13,17,20H,3-9,14-16H2,1-2H3. The van der Waals surface area contributed by atoms with Crippen LogP contribution < -0.4 is 4.74 Å². The Balaban J connectivity index is 1.70. The third-order valence-electron chi connectivity index (χ3n) is 4.35. The molecule has 0 amide bonds. The maximum atomic E-state index is 5.91. The van der Waals surface area contributed by atoms with Gasteiger partial charge in [-0.05, 0) is 25.0 Å². The highest BCUT2D eigenvalue weighted by atomic mass is 16.7. The molecule has 1 fully saturated rings. The number of ether oxygens (including phenoxy) is 3. The van der Waals surface area contributed by atoms with Crippen LogP contribution in [0.3, 0.4) is 0 Å². The van der Waals surface area contributed by atoms with Crippen LogP contribution in [0.5, 0.6) is 5.75 Å². The minimum absolute atomic E-state index is 0.216. The van der Waals surface area contributed by atoms with Gasteiger partial charge in [-0.1, -0.05) is 58.1 Å². The molecule has 0 bridgehead atoms. The first-order chi connectivity index (χ1) is 11.3. The Morgan fingerprint density at radius 3 is 2.26 bits per heavy atom. The quantitative estimate of drug-likeness (QED) is 0.533. The van der Waals surface area contributed by atoms with E-state index in [9.17, 15) is 0 Å². The second-order valence-corrected chi connectivity index (χ2v) is 6.49. The summed E-state index contributed by atoms with van der Waals surface area (Å²) >= 11 is 0. The van der Waals surface area contributed by atoms with Gasteiger partial charge in [0.25, 0.3) is 0 Å². The molecule has 1 aliphatic heterocycles. The van der Waals surface area contributed by atoms with Gasteiger partial charge in [-0.2, -0.15) is 0 Å². The molecular formula is C20H32O3. The summed E-state index contributed by atoms with van der Waals surface area (Å²) in [6.45, 7) is 6.82. The fourth-order valence-electron chi connectivity index (χ4n) is 2.82. The molecule has 0 saturated carbocycles. The first-order valence-electron chi connectivity index (χ1n) is 9.29. The van der Waals surface area contributed by atoms with E-state index in [0.29, 0.717) is 5.92 Å². The highest BCUT2D eigenvalue weighted by Gasteiger charge is 2.23. The summed E-state index contributed by atoms with van der Waals surface area (Å²) in [5, 5.41) is 0. The SMILES string of the molecule is CCCCCCC1COC(c2ccc(OCCCC)cc2)OC1. The van der Waals surface area contributed by atoms with Gasteiger partial charge in [0.1, 0.15) is 5.75 Å². The molecule has 0 radical (unpaired) electrons. The van der Waals surface area contributed by atoms with E-state index in [4.69, 9.17) is 14.2 Å². The highest BCUT2D eigenvalue weighted by molar-refractivity contribution is 5.28. The third kappa shape index (κ3) is 6.52. The van der Waals surface area contributed by atoms with E-state index < -0.39 is 0 Å². The highest BCUT2D eigenvalue weighted by Crippen LogP contribution is 2.28. The zero-order chi connectivity index (χ0) is 16.3. The Labute approximate surface area is 141 Å². The van der Waals surface area contributed by atoms with Crippen LogP contribution in [0.25, 0.3) is 0 Å². The first-order valence-corrected chi connectivity index (χ1v) is 9.29. The zero-order valence-electron chi connectivity index (χ0n) is 14.8. The van der Waals surface area contributed by atoms with Crippen LogP contribution in [-0.2, 0) is 9.47 Å². The van der Waals surface area contributed by atoms with Gasteiger partial charge in [0, 0.05) is 11.5 Å². The second kappa shape index (κ2) is 10.7. The van der Waals surface area contributed by atoms with Gasteiger partial charge in [0.15, 0.2) is 6.29 Å². The van der Waals surface area contributed by atoms with Gasteiger partial charge in [-0.15, -0.1) is 0 Å². The van der Waals surface area contributed by atoms with Gasteiger partial charge in [0.05, 0.1) is 19.8 Å². The predicted octanol–water partition coefficient (Wildman–Crippen LogP) is 5.50. The Bertz CT molecular complexity index is 407. The summed E-state index contributed by atoms with van der Waals surface area (Å²) in [4.78, 5) is 0. The molecule has 1 saturated heterocycles. The van der Waals surface area contributed by atoms with Gasteiger partial charge in [-0.3, -0.25) is 0 Å². The average Bonchev–Trinajstić information content (AvgIpc) is 2.60. The van der Waals surface area contributed by atoms with Crippen molar-refractivity contribution in [2.75, 3.05) is 19.8 Å². The summed E-state index contributed by atoms with van der Waals surface area (Å²) in [7, 11) is 0. The van der Waals surface area contributed by atoms with Crippen LogP contribution in [0.15, 0.2) is 24.3 Å². The van der Waals surface area contributed by atoms with Crippen LogP contribution in [0, 0.1) is 5.92 Å². The zero-order valence-corrected chi connectivity index (χ0v) is 14.8. The normalized spacial score (nSPS) is 21.3. The smallest absolute Gasteiger partial charge is 0.183 e. The Morgan fingerprint density at radius 1 is 0.913 bits per heavy atom. The van der Waals surface area contributed by atoms with Gasteiger partial charge < -0.3 is 14.2 Å². The maximum Gasteiger partial charge on any atom is 0.183 e. The van der Waals surface area contributed by atoms with Crippen molar-refractivity contribution >= 4 is 0 Å². The number of hydrogen-bond donors (Lipinski definition) is 0. The second-order valence-electron chi connectivity index (χ2n) is 6.49. The number of rotatable bonds is 10. The molecule has 130 valence electrons. The molecule has 1 aromatic carbocycles. The van der Waals surface area contributed by atoms with Crippen molar-refractivity contribution in [2.24, 2.45) is 5.92 Å². The molecule has 1 aromatic rings. The average molecular weight is 320 g/mol. The number of benzene rings is 1. The van der Waals surface area contributed by atoms with Crippen molar-refractivity contribution in [3.05, 3.63) is 29.8 Å². The largest absolute Gasteiger partial charge is 0.494 e. The lowest BCUT2D eigenvalue weighted by Crippen LogP contribution is -2.27. The fraction of sp³-hybridized carbons (Fsp3) is 0.700. The van der Waals surface area contributed by atoms with E-state index in [1.807, 2.05) is 24.3 Å². The summed E-state index contributed by atoms with van der Waals surface area (Å²) in [6.07, 6.45) is 8.50. The molecule has 0 spiro atoms. The molecule has 3 nitrogen and oxygen atoms in total. The summed E-state index contributed by atoms with van der Waals surface area (Å²) in [5.41, 5.74) is 1.08. The first kappa shape index (κ1) is 18.3. The molecule has 0 aliphatic carbocycles. The monoisotopic (exact) mass is 320 g/mol. The molecule has 3 heteroatoms. The van der Waals surface area contributed by atoms with Gasteiger partial charge in [0.2, 0.25) is 0 Å². The molecule has 1 heterocycles. The van der Waals surface area contributed by atoms with Crippen molar-refractivity contribution in [1.29, 1.82) is 0 Å². The molecule has 0 unspecified atom stereocenters. The van der Waals surface area contributed by atoms with Crippen LogP contribution in [0.1, 0.15) is 70.6 Å². The molecule has 2 rings (SSSR count). The van der Waals surface area contributed by atoms with Gasteiger partial charge >= 0.3 is 0 Å². The fourth-order valence-corrected chi connectivity index (χ4v) is 2.82. The number of unbranched alkanes of at least 4 members (excludes halogenated alkanes) is 4. The van der Waals surface area contributed by atoms with Crippen molar-refractivity contribution in [3.8, 4) is 5.75 Å². The lowest BCUT2D eigenvalue weighted by molar-refractivity contribution is -0.206. The molecule has 23 heavy (non-hydrogen) atoms. The van der Waals surface area contributed by atoms with E-state index in [0.717, 1.165) is 44.0 Å². The van der Waals surface area contributed by atoms with Crippen LogP contribution in [-0.4, -0.2) is 19.8 Å². The van der Waals surface area contributed by atoms with Crippen LogP contribution in [0.4, 0.5) is 0 Å². The minimum Gasteiger partial charge on any atom is -0.494 e. The lowest BCUT2D eigenvalue weighted by Gasteiger charge is -2.29. The van der Waals surface area contributed by atoms with Gasteiger partial charge in [-0.25, -0.2) is 0 Å². The van der Waals surface area contributed by atoms with E-state index >= 15 is 0 Å². The molecular weight excluding hydrogens is 288 g/mol. The van der Waals surface area contributed by atoms with Crippen molar-refractivity contribution < 1.29 is 14.2 Å². The topological polar surface area (TPSA) is 27.7 Å². The lowest BCUT2D eigenvalue weighted by atomic mass is 10.0. The Morgan fingerprint density at radius 2 is 1.61 bits per heavy atom. The Hall–Kier alpha value is -1.06. The Kier molecular flexibility index (Phi) is 8.48. The van der Waals surface area contributed by atoms with E-state index in [1.54, 1.807) is 0 Å². The molecule has 0 atom stereocenters. The van der Waals surface area contributed by atoms with E-state index in [2.05, 4.69) is 13.8 Å². The van der Waals surface area contributed by atoms with Crippen molar-refractivity contribution in [3.63, 3.8) is 0 Å². The van der Waals surface area contributed by atoms with E-state index in [1.165, 1.54) is 32.1 Å². The van der Waals surface area contributed by atoms with Crippen LogP contribution in [0.2, 0.25) is 0 Å². The van der Waals surface area contributed by atoms with Crippen molar-refractivity contribution in [2.45, 2.75) is 65.1 Å². The van der Waals surface area contributed by atoms with E-state index in [-0.39, 0.29) is 6.29 Å². The number of hydrogen-bond acceptors (Lipinski definition) is 3. The minimum atomic E-state index is -0.216. The van der Waals surface area contributed by atoms with Crippen molar-refractivity contribution in [1.82, 2.24) is 0 Å². The molecule has 0 aromatic heterocycles. The molecule has 1 aliphatic rings. The maximum absolute atomic E-state index is 5.91. The predicted molar refractivity (Wildman–Crippen MR) is 93.7 cm³/mol. The summed E-state index contributed by atoms with van der Waals surface area (Å²) in [6, 6.07) is 8.12. The summed E-state index contributed by atoms with van der Waals surface area (Å²) in [5.74, 6) is 1.48. The third-order valence-corrected chi connectivity index (χ3v) is 4.35. The van der Waals surface area contributed by atoms with Crippen LogP contribution >= 0.6 is 0 Å².